The summed E-state index contributed by atoms with van der Waals surface area (Å²) in [7, 11) is -3.85. The number of unbranched alkanes of at least 4 members (excludes halogenated alkanes) is 1. The average Bonchev–Trinajstić information content (AvgIpc) is 2.81. The molecule has 1 aliphatic heterocycles. The first-order valence-electron chi connectivity index (χ1n) is 11.4. The number of rotatable bonds is 8. The van der Waals surface area contributed by atoms with Crippen molar-refractivity contribution in [3.05, 3.63) is 72.3 Å². The molecule has 3 aromatic carbocycles. The first kappa shape index (κ1) is 23.7. The zero-order valence-corrected chi connectivity index (χ0v) is 19.6. The highest BCUT2D eigenvalue weighted by molar-refractivity contribution is 7.61. The molecule has 4 rings (SSSR count). The van der Waals surface area contributed by atoms with Gasteiger partial charge in [-0.3, -0.25) is 14.3 Å². The number of hydrogen-bond acceptors (Lipinski definition) is 4. The molecule has 6 nitrogen and oxygen atoms in total. The largest absolute Gasteiger partial charge is 0.480 e. The first-order chi connectivity index (χ1) is 15.9. The number of hydrogen-bond donors (Lipinski definition) is 3. The topological polar surface area (TPSA) is 104 Å². The third kappa shape index (κ3) is 4.75. The van der Waals surface area contributed by atoms with Crippen LogP contribution in [-0.2, 0) is 15.9 Å². The van der Waals surface area contributed by atoms with Crippen molar-refractivity contribution in [3.8, 4) is 11.1 Å². The quantitative estimate of drug-likeness (QED) is 0.333. The van der Waals surface area contributed by atoms with Crippen LogP contribution in [0, 0.1) is 0 Å². The molecule has 0 aliphatic carbocycles. The van der Waals surface area contributed by atoms with Crippen molar-refractivity contribution in [2.45, 2.75) is 31.0 Å². The Morgan fingerprint density at radius 2 is 1.76 bits per heavy atom. The van der Waals surface area contributed by atoms with Crippen LogP contribution < -0.4 is 5.73 Å². The van der Waals surface area contributed by atoms with Crippen LogP contribution in [0.5, 0.6) is 0 Å². The van der Waals surface area contributed by atoms with Crippen LogP contribution in [0.4, 0.5) is 0 Å². The third-order valence-electron chi connectivity index (χ3n) is 6.79. The Morgan fingerprint density at radius 1 is 1.03 bits per heavy atom. The minimum Gasteiger partial charge on any atom is -0.480 e. The van der Waals surface area contributed by atoms with Crippen LogP contribution in [0.15, 0.2) is 66.7 Å². The van der Waals surface area contributed by atoms with Gasteiger partial charge in [0.2, 0.25) is 7.37 Å². The van der Waals surface area contributed by atoms with Crippen molar-refractivity contribution in [1.82, 2.24) is 4.90 Å². The standard InChI is InChI=1S/C26H31N2O4P/c27-14-6-5-13-26(25(29)30)19-28(15-16-33(26,31)32)18-23-9-3-4-10-24(23)22-12-11-20-7-1-2-8-21(20)17-22/h1-4,7-12,17H,5-6,13-16,18-19,27H2,(H,29,30)(H,31,32)/t26-/m0/s1. The summed E-state index contributed by atoms with van der Waals surface area (Å²) in [6.45, 7) is 1.42. The molecular formula is C26H31N2O4P. The highest BCUT2D eigenvalue weighted by Gasteiger charge is 2.56. The molecule has 1 aliphatic rings. The Bertz CT molecular complexity index is 1200. The smallest absolute Gasteiger partial charge is 0.320 e. The normalized spacial score (nSPS) is 23.6. The van der Waals surface area contributed by atoms with Gasteiger partial charge in [0.05, 0.1) is 0 Å². The van der Waals surface area contributed by atoms with Gasteiger partial charge in [0.1, 0.15) is 0 Å². The van der Waals surface area contributed by atoms with Crippen molar-refractivity contribution in [2.75, 3.05) is 25.8 Å². The maximum atomic E-state index is 13.1. The summed E-state index contributed by atoms with van der Waals surface area (Å²) in [5.41, 5.74) is 8.84. The highest BCUT2D eigenvalue weighted by atomic mass is 31.2. The van der Waals surface area contributed by atoms with Crippen molar-refractivity contribution in [1.29, 1.82) is 0 Å². The summed E-state index contributed by atoms with van der Waals surface area (Å²) in [5.74, 6) is -1.18. The van der Waals surface area contributed by atoms with Gasteiger partial charge in [-0.1, -0.05) is 67.1 Å². The van der Waals surface area contributed by atoms with Gasteiger partial charge in [-0.25, -0.2) is 0 Å². The van der Waals surface area contributed by atoms with Gasteiger partial charge in [0, 0.05) is 25.8 Å². The molecule has 4 N–H and O–H groups in total. The second-order valence-corrected chi connectivity index (χ2v) is 11.6. The van der Waals surface area contributed by atoms with E-state index in [9.17, 15) is 19.4 Å². The number of carboxylic acid groups (broad SMARTS) is 1. The van der Waals surface area contributed by atoms with Crippen LogP contribution in [0.2, 0.25) is 0 Å². The van der Waals surface area contributed by atoms with Crippen LogP contribution >= 0.6 is 7.37 Å². The monoisotopic (exact) mass is 466 g/mol. The Kier molecular flexibility index (Phi) is 7.01. The lowest BCUT2D eigenvalue weighted by molar-refractivity contribution is -0.141. The van der Waals surface area contributed by atoms with Gasteiger partial charge in [-0.15, -0.1) is 0 Å². The van der Waals surface area contributed by atoms with E-state index < -0.39 is 18.5 Å². The van der Waals surface area contributed by atoms with E-state index in [1.165, 1.54) is 5.39 Å². The Labute approximate surface area is 194 Å². The second-order valence-electron chi connectivity index (χ2n) is 8.94. The Hall–Kier alpha value is -2.50. The summed E-state index contributed by atoms with van der Waals surface area (Å²) in [6, 6.07) is 22.7. The molecule has 0 bridgehead atoms. The van der Waals surface area contributed by atoms with Crippen LogP contribution in [-0.4, -0.2) is 51.8 Å². The molecule has 1 fully saturated rings. The fourth-order valence-electron chi connectivity index (χ4n) is 4.86. The lowest BCUT2D eigenvalue weighted by atomic mass is 9.96. The molecule has 174 valence electrons. The lowest BCUT2D eigenvalue weighted by Gasteiger charge is -2.43. The van der Waals surface area contributed by atoms with Crippen LogP contribution in [0.1, 0.15) is 24.8 Å². The van der Waals surface area contributed by atoms with E-state index in [2.05, 4.69) is 42.5 Å². The van der Waals surface area contributed by atoms with Crippen LogP contribution in [0.3, 0.4) is 0 Å². The summed E-state index contributed by atoms with van der Waals surface area (Å²) in [6.07, 6.45) is 1.31. The minimum atomic E-state index is -3.85. The molecule has 0 aromatic heterocycles. The molecule has 2 atom stereocenters. The van der Waals surface area contributed by atoms with E-state index in [4.69, 9.17) is 5.73 Å². The SMILES string of the molecule is NCCCC[C@@]1(C(=O)O)CN(Cc2ccccc2-c2ccc3ccccc3c2)CCP1(=O)O. The van der Waals surface area contributed by atoms with E-state index in [1.54, 1.807) is 0 Å². The van der Waals surface area contributed by atoms with E-state index in [0.29, 0.717) is 32.5 Å². The van der Waals surface area contributed by atoms with E-state index in [1.807, 2.05) is 29.2 Å². The molecule has 0 spiro atoms. The molecule has 1 unspecified atom stereocenters. The summed E-state index contributed by atoms with van der Waals surface area (Å²) >= 11 is 0. The van der Waals surface area contributed by atoms with Gasteiger partial charge in [0.25, 0.3) is 0 Å². The highest BCUT2D eigenvalue weighted by Crippen LogP contribution is 2.59. The van der Waals surface area contributed by atoms with E-state index >= 15 is 0 Å². The number of nitrogens with zero attached hydrogens (tertiary/aromatic N) is 1. The number of aliphatic carboxylic acids is 1. The zero-order chi connectivity index (χ0) is 23.5. The maximum Gasteiger partial charge on any atom is 0.320 e. The number of carboxylic acids is 1. The molecule has 1 heterocycles. The van der Waals surface area contributed by atoms with Crippen molar-refractivity contribution >= 4 is 24.1 Å². The summed E-state index contributed by atoms with van der Waals surface area (Å²) in [5, 5.41) is 10.7. The number of benzene rings is 3. The molecule has 1 saturated heterocycles. The Balaban J connectivity index is 1.63. The predicted molar refractivity (Wildman–Crippen MR) is 133 cm³/mol. The first-order valence-corrected chi connectivity index (χ1v) is 13.3. The molecule has 0 amide bonds. The summed E-state index contributed by atoms with van der Waals surface area (Å²) < 4.78 is 13.1. The number of carbonyl (C=O) groups is 1. The summed E-state index contributed by atoms with van der Waals surface area (Å²) in [4.78, 5) is 25.0. The van der Waals surface area contributed by atoms with Crippen molar-refractivity contribution < 1.29 is 19.4 Å². The number of nitrogens with two attached hydrogens (primary N) is 1. The third-order valence-corrected chi connectivity index (χ3v) is 9.49. The lowest BCUT2D eigenvalue weighted by Crippen LogP contribution is -2.53. The fourth-order valence-corrected chi connectivity index (χ4v) is 7.07. The average molecular weight is 467 g/mol. The minimum absolute atomic E-state index is 0.0138. The molecule has 3 aromatic rings. The predicted octanol–water partition coefficient (Wildman–Crippen LogP) is 4.55. The molecule has 0 saturated carbocycles. The fraction of sp³-hybridized carbons (Fsp3) is 0.346. The zero-order valence-electron chi connectivity index (χ0n) is 18.7. The van der Waals surface area contributed by atoms with Crippen molar-refractivity contribution in [2.24, 2.45) is 5.73 Å². The van der Waals surface area contributed by atoms with Crippen LogP contribution in [0.25, 0.3) is 21.9 Å². The molecule has 33 heavy (non-hydrogen) atoms. The Morgan fingerprint density at radius 3 is 2.52 bits per heavy atom. The van der Waals surface area contributed by atoms with E-state index in [-0.39, 0.29) is 19.1 Å². The number of fused-ring (bicyclic) bond motifs is 1. The maximum absolute atomic E-state index is 13.1. The molecule has 7 heteroatoms. The molecular weight excluding hydrogens is 435 g/mol. The van der Waals surface area contributed by atoms with Gasteiger partial charge < -0.3 is 15.7 Å². The van der Waals surface area contributed by atoms with E-state index in [0.717, 1.165) is 22.1 Å². The second kappa shape index (κ2) is 9.78. The van der Waals surface area contributed by atoms with Crippen molar-refractivity contribution in [3.63, 3.8) is 0 Å². The molecule has 0 radical (unpaired) electrons. The van der Waals surface area contributed by atoms with Gasteiger partial charge in [-0.05, 0) is 52.9 Å². The van der Waals surface area contributed by atoms with Gasteiger partial charge in [0.15, 0.2) is 5.16 Å². The van der Waals surface area contributed by atoms with Gasteiger partial charge >= 0.3 is 5.97 Å². The van der Waals surface area contributed by atoms with Gasteiger partial charge in [-0.2, -0.15) is 0 Å².